The van der Waals surface area contributed by atoms with E-state index in [2.05, 4.69) is 15.0 Å². The number of hydrogen-bond donors (Lipinski definition) is 2. The summed E-state index contributed by atoms with van der Waals surface area (Å²) in [5.74, 6) is -0.818. The topological polar surface area (TPSA) is 83.5 Å². The smallest absolute Gasteiger partial charge is 0.405 e. The van der Waals surface area contributed by atoms with Gasteiger partial charge in [-0.25, -0.2) is 0 Å². The van der Waals surface area contributed by atoms with Crippen molar-refractivity contribution >= 4 is 11.6 Å². The van der Waals surface area contributed by atoms with E-state index in [1.165, 1.54) is 6.07 Å². The van der Waals surface area contributed by atoms with E-state index in [0.29, 0.717) is 35.9 Å². The van der Waals surface area contributed by atoms with E-state index < -0.39 is 30.0 Å². The van der Waals surface area contributed by atoms with E-state index in [1.54, 1.807) is 44.4 Å². The van der Waals surface area contributed by atoms with E-state index in [4.69, 9.17) is 9.47 Å². The summed E-state index contributed by atoms with van der Waals surface area (Å²) in [6.45, 7) is 8.71. The molecule has 0 saturated carbocycles. The molecule has 2 aromatic rings. The SMILES string of the molecule is CO[C@@H]1CCN(C2CN(c3ccc([C@H](C)NC(=O)c4ccc5c(c4)[C@H](O)COC5(C)C)c(OC(F)(F)F)c3)C2)C1. The summed E-state index contributed by atoms with van der Waals surface area (Å²) in [7, 11) is 1.71. The average Bonchev–Trinajstić information content (AvgIpc) is 3.33. The van der Waals surface area contributed by atoms with Gasteiger partial charge in [0, 0.05) is 62.2 Å². The summed E-state index contributed by atoms with van der Waals surface area (Å²) in [6.07, 6.45) is -4.56. The zero-order chi connectivity index (χ0) is 28.8. The Hall–Kier alpha value is -2.86. The summed E-state index contributed by atoms with van der Waals surface area (Å²) in [5, 5.41) is 13.2. The van der Waals surface area contributed by atoms with Crippen LogP contribution in [0, 0.1) is 0 Å². The van der Waals surface area contributed by atoms with Gasteiger partial charge in [0.05, 0.1) is 24.4 Å². The number of ether oxygens (including phenoxy) is 3. The van der Waals surface area contributed by atoms with Gasteiger partial charge in [-0.05, 0) is 56.5 Å². The lowest BCUT2D eigenvalue weighted by Crippen LogP contribution is -2.59. The normalized spacial score (nSPS) is 23.9. The van der Waals surface area contributed by atoms with Gasteiger partial charge in [0.15, 0.2) is 0 Å². The fourth-order valence-corrected chi connectivity index (χ4v) is 5.81. The highest BCUT2D eigenvalue weighted by molar-refractivity contribution is 5.94. The van der Waals surface area contributed by atoms with E-state index in [-0.39, 0.29) is 24.0 Å². The minimum absolute atomic E-state index is 0.107. The molecule has 3 atom stereocenters. The molecule has 0 unspecified atom stereocenters. The first-order chi connectivity index (χ1) is 18.8. The molecule has 2 N–H and O–H groups in total. The van der Waals surface area contributed by atoms with Crippen LogP contribution >= 0.6 is 0 Å². The highest BCUT2D eigenvalue weighted by Gasteiger charge is 2.38. The highest BCUT2D eigenvalue weighted by Crippen LogP contribution is 2.38. The maximum atomic E-state index is 13.4. The Morgan fingerprint density at radius 3 is 2.60 bits per heavy atom. The van der Waals surface area contributed by atoms with Crippen LogP contribution in [0.4, 0.5) is 18.9 Å². The van der Waals surface area contributed by atoms with Gasteiger partial charge in [-0.15, -0.1) is 13.2 Å². The minimum atomic E-state index is -4.89. The third-order valence-electron chi connectivity index (χ3n) is 8.21. The number of carbonyl (C=O) groups excluding carboxylic acids is 1. The van der Waals surface area contributed by atoms with Gasteiger partial charge < -0.3 is 29.5 Å². The molecular weight excluding hydrogens is 527 g/mol. The summed E-state index contributed by atoms with van der Waals surface area (Å²) >= 11 is 0. The minimum Gasteiger partial charge on any atom is -0.405 e. The van der Waals surface area contributed by atoms with Crippen molar-refractivity contribution in [3.63, 3.8) is 0 Å². The number of nitrogens with one attached hydrogen (secondary N) is 1. The predicted octanol–water partition coefficient (Wildman–Crippen LogP) is 4.28. The Balaban J connectivity index is 1.30. The molecular formula is C29H36F3N3O5. The zero-order valence-electron chi connectivity index (χ0n) is 23.1. The van der Waals surface area contributed by atoms with Crippen molar-refractivity contribution in [2.75, 3.05) is 44.8 Å². The van der Waals surface area contributed by atoms with Crippen molar-refractivity contribution in [2.45, 2.75) is 63.4 Å². The first kappa shape index (κ1) is 28.7. The number of fused-ring (bicyclic) bond motifs is 1. The number of alkyl halides is 3. The first-order valence-electron chi connectivity index (χ1n) is 13.5. The molecule has 0 spiro atoms. The third kappa shape index (κ3) is 5.93. The van der Waals surface area contributed by atoms with Gasteiger partial charge in [-0.3, -0.25) is 9.69 Å². The molecule has 218 valence electrons. The Morgan fingerprint density at radius 1 is 1.18 bits per heavy atom. The number of carbonyl (C=O) groups is 1. The van der Waals surface area contributed by atoms with Crippen LogP contribution in [0.2, 0.25) is 0 Å². The van der Waals surface area contributed by atoms with E-state index >= 15 is 0 Å². The molecule has 5 rings (SSSR count). The fraction of sp³-hybridized carbons (Fsp3) is 0.552. The number of rotatable bonds is 7. The molecule has 40 heavy (non-hydrogen) atoms. The van der Waals surface area contributed by atoms with Gasteiger partial charge in [0.1, 0.15) is 11.9 Å². The second kappa shape index (κ2) is 10.8. The second-order valence-electron chi connectivity index (χ2n) is 11.3. The Morgan fingerprint density at radius 2 is 1.93 bits per heavy atom. The lowest BCUT2D eigenvalue weighted by molar-refractivity contribution is -0.274. The number of nitrogens with zero attached hydrogens (tertiary/aromatic N) is 2. The van der Waals surface area contributed by atoms with Crippen LogP contribution in [0.1, 0.15) is 66.4 Å². The van der Waals surface area contributed by atoms with Crippen molar-refractivity contribution in [3.8, 4) is 5.75 Å². The van der Waals surface area contributed by atoms with Crippen molar-refractivity contribution < 1.29 is 37.3 Å². The molecule has 0 radical (unpaired) electrons. The maximum absolute atomic E-state index is 13.4. The van der Waals surface area contributed by atoms with Gasteiger partial charge in [0.2, 0.25) is 0 Å². The monoisotopic (exact) mass is 563 g/mol. The van der Waals surface area contributed by atoms with Gasteiger partial charge >= 0.3 is 6.36 Å². The van der Waals surface area contributed by atoms with Crippen molar-refractivity contribution in [2.24, 2.45) is 0 Å². The molecule has 3 heterocycles. The van der Waals surface area contributed by atoms with E-state index in [1.807, 2.05) is 18.7 Å². The number of amides is 1. The van der Waals surface area contributed by atoms with Crippen molar-refractivity contribution in [3.05, 3.63) is 58.7 Å². The number of hydrogen-bond acceptors (Lipinski definition) is 7. The lowest BCUT2D eigenvalue weighted by atomic mass is 9.86. The number of anilines is 1. The largest absolute Gasteiger partial charge is 0.573 e. The van der Waals surface area contributed by atoms with Crippen molar-refractivity contribution in [1.29, 1.82) is 0 Å². The fourth-order valence-electron chi connectivity index (χ4n) is 5.81. The van der Waals surface area contributed by atoms with E-state index in [0.717, 1.165) is 25.1 Å². The lowest BCUT2D eigenvalue weighted by Gasteiger charge is -2.45. The number of likely N-dealkylation sites (tertiary alicyclic amines) is 1. The Kier molecular flexibility index (Phi) is 7.77. The number of aliphatic hydroxyl groups excluding tert-OH is 1. The van der Waals surface area contributed by atoms with Crippen LogP contribution in [-0.4, -0.2) is 74.3 Å². The quantitative estimate of drug-likeness (QED) is 0.520. The van der Waals surface area contributed by atoms with Crippen LogP contribution in [-0.2, 0) is 15.1 Å². The summed E-state index contributed by atoms with van der Waals surface area (Å²) in [5.41, 5.74) is 1.90. The molecule has 3 aliphatic heterocycles. The molecule has 2 saturated heterocycles. The number of halogens is 3. The van der Waals surface area contributed by atoms with Gasteiger partial charge in [0.25, 0.3) is 5.91 Å². The van der Waals surface area contributed by atoms with Crippen molar-refractivity contribution in [1.82, 2.24) is 10.2 Å². The second-order valence-corrected chi connectivity index (χ2v) is 11.3. The molecule has 2 fully saturated rings. The van der Waals surface area contributed by atoms with Crippen LogP contribution in [0.5, 0.6) is 5.75 Å². The Labute approximate surface area is 232 Å². The molecule has 0 aliphatic carbocycles. The number of benzene rings is 2. The summed E-state index contributed by atoms with van der Waals surface area (Å²) in [6, 6.07) is 9.24. The molecule has 11 heteroatoms. The van der Waals surface area contributed by atoms with Crippen LogP contribution in [0.15, 0.2) is 36.4 Å². The summed E-state index contributed by atoms with van der Waals surface area (Å²) in [4.78, 5) is 17.5. The highest BCUT2D eigenvalue weighted by atomic mass is 19.4. The molecule has 0 aromatic heterocycles. The summed E-state index contributed by atoms with van der Waals surface area (Å²) < 4.78 is 55.6. The van der Waals surface area contributed by atoms with Gasteiger partial charge in [-0.1, -0.05) is 12.1 Å². The van der Waals surface area contributed by atoms with Crippen LogP contribution < -0.4 is 15.0 Å². The predicted molar refractivity (Wildman–Crippen MR) is 142 cm³/mol. The van der Waals surface area contributed by atoms with E-state index in [9.17, 15) is 23.1 Å². The molecule has 1 amide bonds. The van der Waals surface area contributed by atoms with Gasteiger partial charge in [-0.2, -0.15) is 0 Å². The average molecular weight is 564 g/mol. The first-order valence-corrected chi connectivity index (χ1v) is 13.5. The van der Waals surface area contributed by atoms with Crippen LogP contribution in [0.25, 0.3) is 0 Å². The molecule has 0 bridgehead atoms. The maximum Gasteiger partial charge on any atom is 0.573 e. The zero-order valence-corrected chi connectivity index (χ0v) is 23.1. The molecule has 3 aliphatic rings. The standard InChI is InChI=1S/C29H36F3N3O5/c1-17(33-27(37)18-5-8-24-23(11-18)25(36)16-39-28(24,2)3)22-7-6-19(12-26(22)40-29(30,31)32)35-13-20(14-35)34-10-9-21(15-34)38-4/h5-8,11-12,17,20-21,25,36H,9-10,13-16H2,1-4H3,(H,33,37)/t17-,21+,25+/m0/s1. The molecule has 8 nitrogen and oxygen atoms in total. The molecule has 2 aromatic carbocycles. The Bertz CT molecular complexity index is 1250. The number of aliphatic hydroxyl groups is 1. The van der Waals surface area contributed by atoms with Crippen LogP contribution in [0.3, 0.4) is 0 Å². The third-order valence-corrected chi connectivity index (χ3v) is 8.21. The number of methoxy groups -OCH3 is 1.